The third-order valence-electron chi connectivity index (χ3n) is 6.37. The molecule has 0 aliphatic carbocycles. The molecule has 0 unspecified atom stereocenters. The summed E-state index contributed by atoms with van der Waals surface area (Å²) in [4.78, 5) is 19.8. The van der Waals surface area contributed by atoms with Gasteiger partial charge in [0.1, 0.15) is 0 Å². The molecule has 0 bridgehead atoms. The second-order valence-electron chi connectivity index (χ2n) is 9.70. The summed E-state index contributed by atoms with van der Waals surface area (Å²) in [6.07, 6.45) is 18.3. The van der Waals surface area contributed by atoms with Crippen molar-refractivity contribution in [3.63, 3.8) is 0 Å². The van der Waals surface area contributed by atoms with E-state index in [0.717, 1.165) is 57.0 Å². The Balaban J connectivity index is 3.18. The molecular weight excluding hydrogens is 420 g/mol. The minimum Gasteiger partial charge on any atom is -0.354 e. The molecule has 1 heterocycles. The molecule has 1 rings (SSSR count). The van der Waals surface area contributed by atoms with Gasteiger partial charge in [-0.1, -0.05) is 98.8 Å². The Morgan fingerprint density at radius 1 is 0.471 bits per heavy atom. The summed E-state index contributed by atoms with van der Waals surface area (Å²) in [5.74, 6) is 2.49. The monoisotopic (exact) mass is 476 g/mol. The number of nitrogens with zero attached hydrogens (tertiary/aromatic N) is 5. The van der Waals surface area contributed by atoms with Crippen molar-refractivity contribution in [1.82, 2.24) is 15.0 Å². The fourth-order valence-electron chi connectivity index (χ4n) is 4.13. The van der Waals surface area contributed by atoms with Gasteiger partial charge in [0, 0.05) is 32.7 Å². The first-order valence-electron chi connectivity index (χ1n) is 14.7. The summed E-state index contributed by atoms with van der Waals surface area (Å²) in [5.41, 5.74) is 0. The zero-order valence-corrected chi connectivity index (χ0v) is 23.4. The number of anilines is 3. The number of hydrogen-bond acceptors (Lipinski definition) is 6. The molecule has 6 nitrogen and oxygen atoms in total. The van der Waals surface area contributed by atoms with E-state index < -0.39 is 0 Å². The number of rotatable bonds is 23. The molecule has 0 saturated heterocycles. The van der Waals surface area contributed by atoms with Crippen molar-refractivity contribution in [3.8, 4) is 0 Å². The van der Waals surface area contributed by atoms with Gasteiger partial charge in [-0.15, -0.1) is 0 Å². The maximum absolute atomic E-state index is 5.08. The van der Waals surface area contributed by atoms with Gasteiger partial charge < -0.3 is 15.1 Å². The summed E-state index contributed by atoms with van der Waals surface area (Å²) in [6, 6.07) is 0. The molecule has 1 aromatic heterocycles. The second kappa shape index (κ2) is 20.8. The summed E-state index contributed by atoms with van der Waals surface area (Å²) >= 11 is 0. The van der Waals surface area contributed by atoms with Crippen LogP contribution in [0.5, 0.6) is 0 Å². The average Bonchev–Trinajstić information content (AvgIpc) is 2.85. The minimum atomic E-state index is 0.753. The van der Waals surface area contributed by atoms with Crippen molar-refractivity contribution < 1.29 is 0 Å². The smallest absolute Gasteiger partial charge is 0.231 e. The van der Waals surface area contributed by atoms with Crippen LogP contribution in [0.3, 0.4) is 0 Å². The lowest BCUT2D eigenvalue weighted by molar-refractivity contribution is 0.613. The molecule has 0 aromatic carbocycles. The Bertz CT molecular complexity index is 532. The van der Waals surface area contributed by atoms with Crippen LogP contribution in [0.4, 0.5) is 17.8 Å². The van der Waals surface area contributed by atoms with Crippen LogP contribution in [0.15, 0.2) is 0 Å². The second-order valence-corrected chi connectivity index (χ2v) is 9.70. The molecule has 6 heteroatoms. The summed E-state index contributed by atoms with van der Waals surface area (Å²) in [7, 11) is 0. The van der Waals surface area contributed by atoms with Gasteiger partial charge in [0.25, 0.3) is 0 Å². The summed E-state index contributed by atoms with van der Waals surface area (Å²) in [5, 5.41) is 3.52. The zero-order chi connectivity index (χ0) is 24.9. The standard InChI is InChI=1S/C28H56N6/c1-6-11-16-21-29-26-30-27(33(22-17-12-7-2)23-18-13-8-3)32-28(31-26)34(24-19-14-9-4)25-20-15-10-5/h6-25H2,1-5H3,(H,29,30,31,32). The van der Waals surface area contributed by atoms with Crippen LogP contribution in [0.1, 0.15) is 131 Å². The maximum Gasteiger partial charge on any atom is 0.231 e. The molecular formula is C28H56N6. The lowest BCUT2D eigenvalue weighted by Gasteiger charge is -2.27. The van der Waals surface area contributed by atoms with Crippen molar-refractivity contribution >= 4 is 17.8 Å². The number of aromatic nitrogens is 3. The van der Waals surface area contributed by atoms with Crippen LogP contribution in [0.25, 0.3) is 0 Å². The lowest BCUT2D eigenvalue weighted by atomic mass is 10.2. The van der Waals surface area contributed by atoms with Crippen LogP contribution < -0.4 is 15.1 Å². The molecule has 0 aliphatic heterocycles. The maximum atomic E-state index is 5.08. The van der Waals surface area contributed by atoms with Crippen molar-refractivity contribution in [2.45, 2.75) is 131 Å². The molecule has 34 heavy (non-hydrogen) atoms. The SMILES string of the molecule is CCCCCNc1nc(N(CCCCC)CCCCC)nc(N(CCCCC)CCCCC)n1. The molecule has 198 valence electrons. The molecule has 0 aliphatic rings. The van der Waals surface area contributed by atoms with Crippen molar-refractivity contribution in [3.05, 3.63) is 0 Å². The lowest BCUT2D eigenvalue weighted by Crippen LogP contribution is -2.32. The minimum absolute atomic E-state index is 0.753. The highest BCUT2D eigenvalue weighted by atomic mass is 15.4. The Hall–Kier alpha value is -1.59. The Kier molecular flexibility index (Phi) is 18.6. The van der Waals surface area contributed by atoms with Gasteiger partial charge in [0.15, 0.2) is 0 Å². The van der Waals surface area contributed by atoms with Gasteiger partial charge in [-0.2, -0.15) is 15.0 Å². The van der Waals surface area contributed by atoms with Gasteiger partial charge >= 0.3 is 0 Å². The first kappa shape index (κ1) is 30.4. The van der Waals surface area contributed by atoms with E-state index in [9.17, 15) is 0 Å². The highest BCUT2D eigenvalue weighted by Gasteiger charge is 2.17. The molecule has 0 amide bonds. The molecule has 0 spiro atoms. The van der Waals surface area contributed by atoms with Crippen LogP contribution in [0.2, 0.25) is 0 Å². The van der Waals surface area contributed by atoms with E-state index in [1.165, 1.54) is 89.9 Å². The Morgan fingerprint density at radius 3 is 1.18 bits per heavy atom. The van der Waals surface area contributed by atoms with E-state index in [4.69, 9.17) is 15.0 Å². The fraction of sp³-hybridized carbons (Fsp3) is 0.893. The third-order valence-corrected chi connectivity index (χ3v) is 6.37. The molecule has 0 radical (unpaired) electrons. The predicted molar refractivity (Wildman–Crippen MR) is 150 cm³/mol. The molecule has 0 saturated carbocycles. The normalized spacial score (nSPS) is 11.1. The van der Waals surface area contributed by atoms with Crippen LogP contribution in [-0.4, -0.2) is 47.7 Å². The zero-order valence-electron chi connectivity index (χ0n) is 23.4. The van der Waals surface area contributed by atoms with Crippen LogP contribution in [-0.2, 0) is 0 Å². The van der Waals surface area contributed by atoms with Crippen LogP contribution in [0, 0.1) is 0 Å². The van der Waals surface area contributed by atoms with Gasteiger partial charge in [-0.05, 0) is 32.1 Å². The van der Waals surface area contributed by atoms with E-state index in [2.05, 4.69) is 49.7 Å². The van der Waals surface area contributed by atoms with Gasteiger partial charge in [-0.3, -0.25) is 0 Å². The topological polar surface area (TPSA) is 57.2 Å². The quantitative estimate of drug-likeness (QED) is 0.162. The molecule has 0 atom stereocenters. The first-order chi connectivity index (χ1) is 16.7. The Morgan fingerprint density at radius 2 is 0.824 bits per heavy atom. The van der Waals surface area contributed by atoms with E-state index in [1.807, 2.05) is 0 Å². The van der Waals surface area contributed by atoms with Gasteiger partial charge in [0.05, 0.1) is 0 Å². The Labute approximate surface area is 211 Å². The first-order valence-corrected chi connectivity index (χ1v) is 14.7. The van der Waals surface area contributed by atoms with Gasteiger partial charge in [-0.25, -0.2) is 0 Å². The number of nitrogens with one attached hydrogen (secondary N) is 1. The third kappa shape index (κ3) is 13.3. The fourth-order valence-corrected chi connectivity index (χ4v) is 4.13. The molecule has 1 aromatic rings. The summed E-state index contributed by atoms with van der Waals surface area (Å²) in [6.45, 7) is 16.4. The average molecular weight is 477 g/mol. The highest BCUT2D eigenvalue weighted by molar-refractivity contribution is 5.45. The van der Waals surface area contributed by atoms with Crippen molar-refractivity contribution in [2.75, 3.05) is 47.8 Å². The highest BCUT2D eigenvalue weighted by Crippen LogP contribution is 2.20. The predicted octanol–water partition coefficient (Wildman–Crippen LogP) is 7.85. The van der Waals surface area contributed by atoms with Crippen LogP contribution >= 0.6 is 0 Å². The van der Waals surface area contributed by atoms with E-state index >= 15 is 0 Å². The largest absolute Gasteiger partial charge is 0.354 e. The van der Waals surface area contributed by atoms with Crippen molar-refractivity contribution in [2.24, 2.45) is 0 Å². The number of hydrogen-bond donors (Lipinski definition) is 1. The van der Waals surface area contributed by atoms with E-state index in [-0.39, 0.29) is 0 Å². The van der Waals surface area contributed by atoms with Crippen molar-refractivity contribution in [1.29, 1.82) is 0 Å². The van der Waals surface area contributed by atoms with E-state index in [1.54, 1.807) is 0 Å². The summed E-state index contributed by atoms with van der Waals surface area (Å²) < 4.78 is 0. The van der Waals surface area contributed by atoms with Gasteiger partial charge in [0.2, 0.25) is 17.8 Å². The molecule has 1 N–H and O–H groups in total. The molecule has 0 fully saturated rings. The number of unbranched alkanes of at least 4 members (excludes halogenated alkanes) is 10. The van der Waals surface area contributed by atoms with E-state index in [0.29, 0.717) is 0 Å².